The van der Waals surface area contributed by atoms with E-state index in [2.05, 4.69) is 5.32 Å². The van der Waals surface area contributed by atoms with Crippen LogP contribution in [-0.4, -0.2) is 13.0 Å². The molecular weight excluding hydrogens is 297 g/mol. The van der Waals surface area contributed by atoms with E-state index in [1.54, 1.807) is 25.3 Å². The van der Waals surface area contributed by atoms with Gasteiger partial charge in [-0.1, -0.05) is 35.3 Å². The van der Waals surface area contributed by atoms with E-state index in [-0.39, 0.29) is 5.91 Å². The minimum absolute atomic E-state index is 0.195. The minimum Gasteiger partial charge on any atom is -0.497 e. The van der Waals surface area contributed by atoms with Crippen LogP contribution in [-0.2, 0) is 6.54 Å². The highest BCUT2D eigenvalue weighted by Crippen LogP contribution is 2.22. The highest BCUT2D eigenvalue weighted by molar-refractivity contribution is 6.42. The lowest BCUT2D eigenvalue weighted by atomic mass is 10.2. The minimum atomic E-state index is -0.195. The van der Waals surface area contributed by atoms with Crippen LogP contribution in [0.4, 0.5) is 0 Å². The Hall–Kier alpha value is -1.71. The summed E-state index contributed by atoms with van der Waals surface area (Å²) in [6, 6.07) is 12.3. The van der Waals surface area contributed by atoms with Crippen molar-refractivity contribution in [2.75, 3.05) is 7.11 Å². The number of benzene rings is 2. The molecular formula is C15H13Cl2NO2. The summed E-state index contributed by atoms with van der Waals surface area (Å²) in [5, 5.41) is 3.61. The van der Waals surface area contributed by atoms with Gasteiger partial charge in [0.1, 0.15) is 5.75 Å². The maximum absolute atomic E-state index is 12.0. The molecule has 0 saturated carbocycles. The molecule has 5 heteroatoms. The molecule has 0 atom stereocenters. The standard InChI is InChI=1S/C15H13Cl2NO2/c1-20-12-5-2-10(3-6-12)9-18-15(19)11-4-7-13(16)14(17)8-11/h2-8H,9H2,1H3,(H,18,19). The molecule has 2 rings (SSSR count). The summed E-state index contributed by atoms with van der Waals surface area (Å²) in [5.74, 6) is 0.587. The van der Waals surface area contributed by atoms with E-state index in [1.165, 1.54) is 0 Å². The molecule has 0 unspecified atom stereocenters. The first-order chi connectivity index (χ1) is 9.60. The largest absolute Gasteiger partial charge is 0.497 e. The zero-order chi connectivity index (χ0) is 14.5. The number of methoxy groups -OCH3 is 1. The van der Waals surface area contributed by atoms with Crippen LogP contribution in [0.15, 0.2) is 42.5 Å². The van der Waals surface area contributed by atoms with Crippen LogP contribution in [0.25, 0.3) is 0 Å². The van der Waals surface area contributed by atoms with Crippen molar-refractivity contribution >= 4 is 29.1 Å². The van der Waals surface area contributed by atoms with Crippen molar-refractivity contribution in [1.82, 2.24) is 5.32 Å². The summed E-state index contributed by atoms with van der Waals surface area (Å²) in [6.45, 7) is 0.434. The highest BCUT2D eigenvalue weighted by atomic mass is 35.5. The number of hydrogen-bond donors (Lipinski definition) is 1. The zero-order valence-electron chi connectivity index (χ0n) is 10.8. The molecule has 3 nitrogen and oxygen atoms in total. The number of carbonyl (C=O) groups is 1. The maximum atomic E-state index is 12.0. The van der Waals surface area contributed by atoms with Gasteiger partial charge in [0.05, 0.1) is 17.2 Å². The quantitative estimate of drug-likeness (QED) is 0.929. The molecule has 1 N–H and O–H groups in total. The Labute approximate surface area is 127 Å². The summed E-state index contributed by atoms with van der Waals surface area (Å²) in [7, 11) is 1.61. The number of hydrogen-bond acceptors (Lipinski definition) is 2. The van der Waals surface area contributed by atoms with E-state index in [9.17, 15) is 4.79 Å². The number of halogens is 2. The van der Waals surface area contributed by atoms with Gasteiger partial charge in [-0.2, -0.15) is 0 Å². The molecule has 0 aromatic heterocycles. The van der Waals surface area contributed by atoms with Gasteiger partial charge in [-0.15, -0.1) is 0 Å². The van der Waals surface area contributed by atoms with E-state index < -0.39 is 0 Å². The van der Waals surface area contributed by atoms with Crippen LogP contribution in [0.3, 0.4) is 0 Å². The fraction of sp³-hybridized carbons (Fsp3) is 0.133. The average molecular weight is 310 g/mol. The summed E-state index contributed by atoms with van der Waals surface area (Å²) < 4.78 is 5.07. The molecule has 2 aromatic rings. The Balaban J connectivity index is 1.98. The van der Waals surface area contributed by atoms with Crippen molar-refractivity contribution in [3.8, 4) is 5.75 Å². The van der Waals surface area contributed by atoms with E-state index in [0.717, 1.165) is 11.3 Å². The van der Waals surface area contributed by atoms with E-state index in [4.69, 9.17) is 27.9 Å². The average Bonchev–Trinajstić information content (AvgIpc) is 2.48. The Morgan fingerprint density at radius 1 is 1.10 bits per heavy atom. The second-order valence-corrected chi connectivity index (χ2v) is 4.97. The lowest BCUT2D eigenvalue weighted by molar-refractivity contribution is 0.0951. The van der Waals surface area contributed by atoms with Crippen molar-refractivity contribution in [2.45, 2.75) is 6.54 Å². The van der Waals surface area contributed by atoms with Crippen molar-refractivity contribution in [1.29, 1.82) is 0 Å². The third-order valence-electron chi connectivity index (χ3n) is 2.79. The molecule has 0 saturated heterocycles. The first kappa shape index (κ1) is 14.7. The first-order valence-electron chi connectivity index (χ1n) is 5.96. The zero-order valence-corrected chi connectivity index (χ0v) is 12.3. The molecule has 1 amide bonds. The van der Waals surface area contributed by atoms with Gasteiger partial charge in [-0.05, 0) is 35.9 Å². The molecule has 0 aliphatic carbocycles. The Bertz CT molecular complexity index is 612. The van der Waals surface area contributed by atoms with Crippen LogP contribution in [0.5, 0.6) is 5.75 Å². The van der Waals surface area contributed by atoms with Crippen molar-refractivity contribution in [2.24, 2.45) is 0 Å². The van der Waals surface area contributed by atoms with Gasteiger partial charge in [0.2, 0.25) is 0 Å². The van der Waals surface area contributed by atoms with Crippen LogP contribution in [0.1, 0.15) is 15.9 Å². The number of amides is 1. The highest BCUT2D eigenvalue weighted by Gasteiger charge is 2.07. The van der Waals surface area contributed by atoms with Crippen molar-refractivity contribution in [3.05, 3.63) is 63.6 Å². The molecule has 20 heavy (non-hydrogen) atoms. The second kappa shape index (κ2) is 6.64. The number of carbonyl (C=O) groups excluding carboxylic acids is 1. The summed E-state index contributed by atoms with van der Waals surface area (Å²) in [5.41, 5.74) is 1.46. The van der Waals surface area contributed by atoms with E-state index in [1.807, 2.05) is 24.3 Å². The predicted molar refractivity (Wildman–Crippen MR) is 80.6 cm³/mol. The molecule has 0 bridgehead atoms. The number of nitrogens with one attached hydrogen (secondary N) is 1. The van der Waals surface area contributed by atoms with E-state index in [0.29, 0.717) is 22.2 Å². The van der Waals surface area contributed by atoms with Gasteiger partial charge in [0.15, 0.2) is 0 Å². The number of rotatable bonds is 4. The fourth-order valence-electron chi connectivity index (χ4n) is 1.67. The summed E-state index contributed by atoms with van der Waals surface area (Å²) in [4.78, 5) is 12.0. The van der Waals surface area contributed by atoms with Gasteiger partial charge in [-0.25, -0.2) is 0 Å². The smallest absolute Gasteiger partial charge is 0.251 e. The van der Waals surface area contributed by atoms with Crippen LogP contribution in [0.2, 0.25) is 10.0 Å². The first-order valence-corrected chi connectivity index (χ1v) is 6.72. The van der Waals surface area contributed by atoms with Gasteiger partial charge in [-0.3, -0.25) is 4.79 Å². The molecule has 0 radical (unpaired) electrons. The molecule has 0 fully saturated rings. The van der Waals surface area contributed by atoms with Crippen LogP contribution >= 0.6 is 23.2 Å². The summed E-state index contributed by atoms with van der Waals surface area (Å²) in [6.07, 6.45) is 0. The third kappa shape index (κ3) is 3.65. The monoisotopic (exact) mass is 309 g/mol. The lowest BCUT2D eigenvalue weighted by Crippen LogP contribution is -2.22. The SMILES string of the molecule is COc1ccc(CNC(=O)c2ccc(Cl)c(Cl)c2)cc1. The second-order valence-electron chi connectivity index (χ2n) is 4.16. The van der Waals surface area contributed by atoms with Crippen molar-refractivity contribution in [3.63, 3.8) is 0 Å². The Kier molecular flexibility index (Phi) is 4.88. The van der Waals surface area contributed by atoms with E-state index >= 15 is 0 Å². The molecule has 0 aliphatic rings. The summed E-state index contributed by atoms with van der Waals surface area (Å²) >= 11 is 11.7. The lowest BCUT2D eigenvalue weighted by Gasteiger charge is -2.07. The van der Waals surface area contributed by atoms with Crippen LogP contribution in [0, 0.1) is 0 Å². The molecule has 104 valence electrons. The van der Waals surface area contributed by atoms with Gasteiger partial charge in [0, 0.05) is 12.1 Å². The van der Waals surface area contributed by atoms with Gasteiger partial charge in [0.25, 0.3) is 5.91 Å². The molecule has 0 aliphatic heterocycles. The molecule has 0 heterocycles. The topological polar surface area (TPSA) is 38.3 Å². The van der Waals surface area contributed by atoms with Gasteiger partial charge >= 0.3 is 0 Å². The molecule has 2 aromatic carbocycles. The van der Waals surface area contributed by atoms with Crippen molar-refractivity contribution < 1.29 is 9.53 Å². The Morgan fingerprint density at radius 2 is 1.80 bits per heavy atom. The molecule has 0 spiro atoms. The predicted octanol–water partition coefficient (Wildman–Crippen LogP) is 3.93. The Morgan fingerprint density at radius 3 is 2.40 bits per heavy atom. The normalized spacial score (nSPS) is 10.2. The van der Waals surface area contributed by atoms with Crippen LogP contribution < -0.4 is 10.1 Å². The maximum Gasteiger partial charge on any atom is 0.251 e. The van der Waals surface area contributed by atoms with Gasteiger partial charge < -0.3 is 10.1 Å². The fourth-order valence-corrected chi connectivity index (χ4v) is 1.96. The number of ether oxygens (including phenoxy) is 1. The third-order valence-corrected chi connectivity index (χ3v) is 3.53.